The fraction of sp³-hybridized carbons (Fsp3) is 0.222. The molecule has 25 heavy (non-hydrogen) atoms. The van der Waals surface area contributed by atoms with Crippen LogP contribution < -0.4 is 10.6 Å². The summed E-state index contributed by atoms with van der Waals surface area (Å²) in [6.07, 6.45) is 0. The monoisotopic (exact) mass is 362 g/mol. The summed E-state index contributed by atoms with van der Waals surface area (Å²) in [7, 11) is 1.57. The molecule has 2 N–H and O–H groups in total. The van der Waals surface area contributed by atoms with Crippen LogP contribution in [0.4, 0.5) is 10.1 Å². The molecule has 5 nitrogen and oxygen atoms in total. The van der Waals surface area contributed by atoms with Crippen molar-refractivity contribution in [2.75, 3.05) is 31.3 Å². The smallest absolute Gasteiger partial charge is 0.252 e. The Labute approximate surface area is 150 Å². The predicted octanol–water partition coefficient (Wildman–Crippen LogP) is 2.93. The van der Waals surface area contributed by atoms with E-state index >= 15 is 0 Å². The molecule has 0 fully saturated rings. The minimum absolute atomic E-state index is 0.139. The Bertz CT molecular complexity index is 723. The molecule has 2 aromatic rings. The fourth-order valence-electron chi connectivity index (χ4n) is 2.02. The second-order valence-corrected chi connectivity index (χ2v) is 6.11. The fourth-order valence-corrected chi connectivity index (χ4v) is 2.87. The molecule has 0 saturated carbocycles. The Morgan fingerprint density at radius 1 is 1.12 bits per heavy atom. The third kappa shape index (κ3) is 6.21. The molecular weight excluding hydrogens is 343 g/mol. The van der Waals surface area contributed by atoms with E-state index in [1.54, 1.807) is 25.3 Å². The molecule has 0 bridgehead atoms. The maximum atomic E-state index is 12.9. The molecule has 0 aromatic heterocycles. The maximum Gasteiger partial charge on any atom is 0.252 e. The minimum atomic E-state index is -0.360. The standard InChI is InChI=1S/C18H19FN2O3S/c1-24-11-10-20-18(23)15-4-2-3-5-16(15)25-12-17(22)21-14-8-6-13(19)7-9-14/h2-9H,10-12H2,1H3,(H,20,23)(H,21,22). The minimum Gasteiger partial charge on any atom is -0.383 e. The van der Waals surface area contributed by atoms with Crippen molar-refractivity contribution in [2.45, 2.75) is 4.90 Å². The first-order valence-corrected chi connectivity index (χ1v) is 8.63. The molecular formula is C18H19FN2O3S. The maximum absolute atomic E-state index is 12.9. The van der Waals surface area contributed by atoms with Gasteiger partial charge in [0, 0.05) is 24.2 Å². The lowest BCUT2D eigenvalue weighted by Gasteiger charge is -2.10. The highest BCUT2D eigenvalue weighted by atomic mass is 32.2. The van der Waals surface area contributed by atoms with Gasteiger partial charge in [-0.25, -0.2) is 4.39 Å². The molecule has 2 amide bonds. The number of rotatable bonds is 8. The van der Waals surface area contributed by atoms with Gasteiger partial charge in [0.15, 0.2) is 0 Å². The van der Waals surface area contributed by atoms with E-state index in [2.05, 4.69) is 10.6 Å². The molecule has 7 heteroatoms. The number of ether oxygens (including phenoxy) is 1. The normalized spacial score (nSPS) is 10.3. The summed E-state index contributed by atoms with van der Waals surface area (Å²) in [6.45, 7) is 0.848. The van der Waals surface area contributed by atoms with E-state index in [-0.39, 0.29) is 23.4 Å². The molecule has 0 radical (unpaired) electrons. The van der Waals surface area contributed by atoms with E-state index in [4.69, 9.17) is 4.74 Å². The van der Waals surface area contributed by atoms with E-state index in [1.165, 1.54) is 36.0 Å². The second kappa shape index (κ2) is 9.80. The highest BCUT2D eigenvalue weighted by Crippen LogP contribution is 2.23. The SMILES string of the molecule is COCCNC(=O)c1ccccc1SCC(=O)Nc1ccc(F)cc1. The summed E-state index contributed by atoms with van der Waals surface area (Å²) in [5.41, 5.74) is 1.04. The molecule has 0 aliphatic rings. The van der Waals surface area contributed by atoms with Crippen molar-refractivity contribution in [3.8, 4) is 0 Å². The second-order valence-electron chi connectivity index (χ2n) is 5.09. The van der Waals surface area contributed by atoms with Gasteiger partial charge in [-0.3, -0.25) is 9.59 Å². The van der Waals surface area contributed by atoms with E-state index in [9.17, 15) is 14.0 Å². The summed E-state index contributed by atoms with van der Waals surface area (Å²) in [5, 5.41) is 5.45. The van der Waals surface area contributed by atoms with Gasteiger partial charge in [0.1, 0.15) is 5.82 Å². The molecule has 0 saturated heterocycles. The number of methoxy groups -OCH3 is 1. The van der Waals surface area contributed by atoms with Crippen LogP contribution in [0.2, 0.25) is 0 Å². The van der Waals surface area contributed by atoms with E-state index in [0.29, 0.717) is 29.3 Å². The van der Waals surface area contributed by atoms with Crippen molar-refractivity contribution < 1.29 is 18.7 Å². The van der Waals surface area contributed by atoms with Gasteiger partial charge in [0.2, 0.25) is 5.91 Å². The Balaban J connectivity index is 1.92. The predicted molar refractivity (Wildman–Crippen MR) is 96.4 cm³/mol. The largest absolute Gasteiger partial charge is 0.383 e. The Morgan fingerprint density at radius 3 is 2.56 bits per heavy atom. The van der Waals surface area contributed by atoms with Crippen molar-refractivity contribution in [1.29, 1.82) is 0 Å². The lowest BCUT2D eigenvalue weighted by molar-refractivity contribution is -0.113. The third-order valence-corrected chi connectivity index (χ3v) is 4.28. The average Bonchev–Trinajstić information content (AvgIpc) is 2.62. The van der Waals surface area contributed by atoms with Gasteiger partial charge in [0.05, 0.1) is 17.9 Å². The number of anilines is 1. The molecule has 0 heterocycles. The van der Waals surface area contributed by atoms with Crippen molar-refractivity contribution in [3.63, 3.8) is 0 Å². The van der Waals surface area contributed by atoms with Crippen LogP contribution in [-0.2, 0) is 9.53 Å². The average molecular weight is 362 g/mol. The Morgan fingerprint density at radius 2 is 1.84 bits per heavy atom. The van der Waals surface area contributed by atoms with Crippen LogP contribution >= 0.6 is 11.8 Å². The number of amides is 2. The van der Waals surface area contributed by atoms with E-state index in [1.807, 2.05) is 6.07 Å². The van der Waals surface area contributed by atoms with Gasteiger partial charge < -0.3 is 15.4 Å². The molecule has 2 aromatic carbocycles. The number of benzene rings is 2. The molecule has 2 rings (SSSR count). The third-order valence-electron chi connectivity index (χ3n) is 3.21. The topological polar surface area (TPSA) is 67.4 Å². The summed E-state index contributed by atoms with van der Waals surface area (Å²) in [4.78, 5) is 24.9. The Hall–Kier alpha value is -2.38. The van der Waals surface area contributed by atoms with Crippen LogP contribution in [0.5, 0.6) is 0 Å². The molecule has 132 valence electrons. The van der Waals surface area contributed by atoms with Crippen LogP contribution in [0.3, 0.4) is 0 Å². The van der Waals surface area contributed by atoms with Crippen LogP contribution in [-0.4, -0.2) is 37.8 Å². The Kier molecular flexibility index (Phi) is 7.43. The van der Waals surface area contributed by atoms with E-state index in [0.717, 1.165) is 0 Å². The zero-order chi connectivity index (χ0) is 18.1. The molecule has 0 aliphatic carbocycles. The number of halogens is 1. The number of nitrogens with one attached hydrogen (secondary N) is 2. The summed E-state index contributed by atoms with van der Waals surface area (Å²) in [6, 6.07) is 12.6. The lowest BCUT2D eigenvalue weighted by atomic mass is 10.2. The highest BCUT2D eigenvalue weighted by molar-refractivity contribution is 8.00. The van der Waals surface area contributed by atoms with Crippen LogP contribution in [0.25, 0.3) is 0 Å². The molecule has 0 unspecified atom stereocenters. The number of carbonyl (C=O) groups is 2. The van der Waals surface area contributed by atoms with Gasteiger partial charge >= 0.3 is 0 Å². The highest BCUT2D eigenvalue weighted by Gasteiger charge is 2.12. The summed E-state index contributed by atoms with van der Waals surface area (Å²) in [5.74, 6) is -0.661. The number of thioether (sulfide) groups is 1. The lowest BCUT2D eigenvalue weighted by Crippen LogP contribution is -2.27. The van der Waals surface area contributed by atoms with Gasteiger partial charge in [-0.1, -0.05) is 12.1 Å². The van der Waals surface area contributed by atoms with Crippen molar-refractivity contribution >= 4 is 29.3 Å². The number of hydrogen-bond acceptors (Lipinski definition) is 4. The zero-order valence-electron chi connectivity index (χ0n) is 13.8. The van der Waals surface area contributed by atoms with Gasteiger partial charge in [-0.2, -0.15) is 0 Å². The van der Waals surface area contributed by atoms with Crippen LogP contribution in [0.15, 0.2) is 53.4 Å². The quantitative estimate of drug-likeness (QED) is 0.560. The van der Waals surface area contributed by atoms with Crippen molar-refractivity contribution in [3.05, 3.63) is 59.9 Å². The number of hydrogen-bond donors (Lipinski definition) is 2. The first-order chi connectivity index (χ1) is 12.1. The summed E-state index contributed by atoms with van der Waals surface area (Å²) < 4.78 is 17.8. The van der Waals surface area contributed by atoms with Gasteiger partial charge in [-0.15, -0.1) is 11.8 Å². The molecule has 0 aliphatic heterocycles. The molecule has 0 spiro atoms. The van der Waals surface area contributed by atoms with Gasteiger partial charge in [0.25, 0.3) is 5.91 Å². The van der Waals surface area contributed by atoms with Crippen molar-refractivity contribution in [2.24, 2.45) is 0 Å². The van der Waals surface area contributed by atoms with Gasteiger partial charge in [-0.05, 0) is 36.4 Å². The zero-order valence-corrected chi connectivity index (χ0v) is 14.6. The first-order valence-electron chi connectivity index (χ1n) is 7.64. The van der Waals surface area contributed by atoms with Crippen LogP contribution in [0, 0.1) is 5.82 Å². The van der Waals surface area contributed by atoms with Crippen LogP contribution in [0.1, 0.15) is 10.4 Å². The van der Waals surface area contributed by atoms with Crippen molar-refractivity contribution in [1.82, 2.24) is 5.32 Å². The molecule has 0 atom stereocenters. The summed E-state index contributed by atoms with van der Waals surface area (Å²) >= 11 is 1.27. The van der Waals surface area contributed by atoms with E-state index < -0.39 is 0 Å². The first kappa shape index (κ1) is 19.0. The number of carbonyl (C=O) groups excluding carboxylic acids is 2.